The van der Waals surface area contributed by atoms with Gasteiger partial charge in [-0.3, -0.25) is 9.69 Å². The van der Waals surface area contributed by atoms with E-state index < -0.39 is 0 Å². The number of aromatic nitrogens is 1. The molecule has 140 valence electrons. The fourth-order valence-electron chi connectivity index (χ4n) is 3.52. The number of likely N-dealkylation sites (tertiary alicyclic amines) is 1. The molecule has 4 nitrogen and oxygen atoms in total. The van der Waals surface area contributed by atoms with Gasteiger partial charge in [-0.05, 0) is 44.3 Å². The summed E-state index contributed by atoms with van der Waals surface area (Å²) in [6.07, 6.45) is 2.48. The van der Waals surface area contributed by atoms with E-state index in [1.54, 1.807) is 11.3 Å². The number of nitrogens with one attached hydrogen (secondary N) is 1. The lowest BCUT2D eigenvalue weighted by atomic mass is 10.2. The molecule has 1 aromatic carbocycles. The molecule has 6 heteroatoms. The Balaban J connectivity index is 1.48. The number of thiophene rings is 1. The van der Waals surface area contributed by atoms with Crippen LogP contribution in [0.2, 0.25) is 0 Å². The summed E-state index contributed by atoms with van der Waals surface area (Å²) in [6.45, 7) is 4.76. The van der Waals surface area contributed by atoms with Crippen molar-refractivity contribution in [2.24, 2.45) is 0 Å². The van der Waals surface area contributed by atoms with Crippen LogP contribution < -0.4 is 5.32 Å². The molecule has 1 aliphatic rings. The smallest absolute Gasteiger partial charge is 0.263 e. The van der Waals surface area contributed by atoms with Gasteiger partial charge < -0.3 is 5.32 Å². The van der Waals surface area contributed by atoms with Gasteiger partial charge in [0, 0.05) is 17.0 Å². The highest BCUT2D eigenvalue weighted by Crippen LogP contribution is 2.29. The number of benzene rings is 1. The van der Waals surface area contributed by atoms with Gasteiger partial charge in [-0.15, -0.1) is 22.7 Å². The highest BCUT2D eigenvalue weighted by molar-refractivity contribution is 7.17. The number of rotatable bonds is 6. The summed E-state index contributed by atoms with van der Waals surface area (Å²) in [5.74, 6) is -0.0204. The Kier molecular flexibility index (Phi) is 5.66. The van der Waals surface area contributed by atoms with Gasteiger partial charge in [0.05, 0.1) is 11.7 Å². The second-order valence-corrected chi connectivity index (χ2v) is 8.76. The number of hydrogen-bond acceptors (Lipinski definition) is 5. The van der Waals surface area contributed by atoms with Crippen LogP contribution in [0.1, 0.15) is 39.1 Å². The Morgan fingerprint density at radius 3 is 2.67 bits per heavy atom. The molecule has 1 fully saturated rings. The lowest BCUT2D eigenvalue weighted by Crippen LogP contribution is -2.36. The number of thiazole rings is 1. The number of aryl methyl sites for hydroxylation is 1. The van der Waals surface area contributed by atoms with Crippen molar-refractivity contribution in [3.63, 3.8) is 0 Å². The maximum Gasteiger partial charge on any atom is 0.263 e. The predicted octanol–water partition coefficient (Wildman–Crippen LogP) is 4.75. The lowest BCUT2D eigenvalue weighted by molar-refractivity contribution is 0.0941. The van der Waals surface area contributed by atoms with Gasteiger partial charge in [0.2, 0.25) is 0 Å². The van der Waals surface area contributed by atoms with Crippen molar-refractivity contribution in [3.05, 3.63) is 63.3 Å². The van der Waals surface area contributed by atoms with E-state index in [9.17, 15) is 4.79 Å². The molecule has 27 heavy (non-hydrogen) atoms. The minimum absolute atomic E-state index is 0.0204. The molecule has 1 unspecified atom stereocenters. The standard InChI is InChI=1S/C21H23N3OS2/c1-15-19(27-21(23-15)16-8-3-2-4-9-16)20(25)22-14-17(18-10-7-13-26-18)24-11-5-6-12-24/h2-4,7-10,13,17H,5-6,11-12,14H2,1H3,(H,22,25). The minimum atomic E-state index is -0.0204. The third kappa shape index (κ3) is 4.13. The molecular formula is C21H23N3OS2. The summed E-state index contributed by atoms with van der Waals surface area (Å²) >= 11 is 3.24. The van der Waals surface area contributed by atoms with Gasteiger partial charge >= 0.3 is 0 Å². The average Bonchev–Trinajstić information content (AvgIpc) is 3.45. The van der Waals surface area contributed by atoms with Crippen molar-refractivity contribution < 1.29 is 4.79 Å². The maximum atomic E-state index is 12.8. The van der Waals surface area contributed by atoms with E-state index in [0.29, 0.717) is 11.4 Å². The van der Waals surface area contributed by atoms with Crippen LogP contribution in [0.25, 0.3) is 10.6 Å². The highest BCUT2D eigenvalue weighted by Gasteiger charge is 2.25. The van der Waals surface area contributed by atoms with Gasteiger partial charge in [0.1, 0.15) is 9.88 Å². The van der Waals surface area contributed by atoms with Crippen LogP contribution in [-0.4, -0.2) is 35.4 Å². The Morgan fingerprint density at radius 2 is 1.96 bits per heavy atom. The van der Waals surface area contributed by atoms with E-state index in [4.69, 9.17) is 0 Å². The van der Waals surface area contributed by atoms with E-state index >= 15 is 0 Å². The third-order valence-electron chi connectivity index (χ3n) is 4.93. The molecule has 1 amide bonds. The van der Waals surface area contributed by atoms with E-state index in [-0.39, 0.29) is 11.9 Å². The molecule has 1 saturated heterocycles. The van der Waals surface area contributed by atoms with Gasteiger partial charge in [0.25, 0.3) is 5.91 Å². The molecule has 0 bridgehead atoms. The van der Waals surface area contributed by atoms with Crippen LogP contribution in [-0.2, 0) is 0 Å². The zero-order chi connectivity index (χ0) is 18.6. The SMILES string of the molecule is Cc1nc(-c2ccccc2)sc1C(=O)NCC(c1cccs1)N1CCCC1. The van der Waals surface area contributed by atoms with Crippen molar-refractivity contribution in [3.8, 4) is 10.6 Å². The number of amides is 1. The van der Waals surface area contributed by atoms with E-state index in [2.05, 4.69) is 32.7 Å². The van der Waals surface area contributed by atoms with E-state index in [1.807, 2.05) is 37.3 Å². The summed E-state index contributed by atoms with van der Waals surface area (Å²) < 4.78 is 0. The number of nitrogens with zero attached hydrogens (tertiary/aromatic N) is 2. The monoisotopic (exact) mass is 397 g/mol. The van der Waals surface area contributed by atoms with E-state index in [1.165, 1.54) is 29.1 Å². The fourth-order valence-corrected chi connectivity index (χ4v) is 5.37. The summed E-state index contributed by atoms with van der Waals surface area (Å²) in [6, 6.07) is 14.6. The Bertz CT molecular complexity index is 884. The molecule has 0 aliphatic carbocycles. The molecule has 0 saturated carbocycles. The second kappa shape index (κ2) is 8.33. The van der Waals surface area contributed by atoms with Crippen LogP contribution in [0.4, 0.5) is 0 Å². The Labute approximate surface area is 167 Å². The molecule has 1 atom stereocenters. The molecule has 1 N–H and O–H groups in total. The molecule has 4 rings (SSSR count). The quantitative estimate of drug-likeness (QED) is 0.653. The van der Waals surface area contributed by atoms with Crippen molar-refractivity contribution in [1.82, 2.24) is 15.2 Å². The Morgan fingerprint density at radius 1 is 1.19 bits per heavy atom. The number of carbonyl (C=O) groups is 1. The van der Waals surface area contributed by atoms with Crippen molar-refractivity contribution >= 4 is 28.6 Å². The van der Waals surface area contributed by atoms with Crippen LogP contribution >= 0.6 is 22.7 Å². The second-order valence-electron chi connectivity index (χ2n) is 6.78. The van der Waals surface area contributed by atoms with Gasteiger partial charge in [-0.1, -0.05) is 36.4 Å². The van der Waals surface area contributed by atoms with Gasteiger partial charge in [-0.25, -0.2) is 4.98 Å². The van der Waals surface area contributed by atoms with Crippen molar-refractivity contribution in [1.29, 1.82) is 0 Å². The zero-order valence-electron chi connectivity index (χ0n) is 15.4. The third-order valence-corrected chi connectivity index (χ3v) is 7.11. The number of carbonyl (C=O) groups excluding carboxylic acids is 1. The van der Waals surface area contributed by atoms with Crippen LogP contribution in [0.15, 0.2) is 47.8 Å². The molecule has 0 spiro atoms. The first-order chi connectivity index (χ1) is 13.2. The first-order valence-electron chi connectivity index (χ1n) is 9.31. The summed E-state index contributed by atoms with van der Waals surface area (Å²) in [5, 5.41) is 6.17. The molecule has 0 radical (unpaired) electrons. The first-order valence-corrected chi connectivity index (χ1v) is 11.0. The van der Waals surface area contributed by atoms with Gasteiger partial charge in [-0.2, -0.15) is 0 Å². The number of hydrogen-bond donors (Lipinski definition) is 1. The van der Waals surface area contributed by atoms with Crippen molar-refractivity contribution in [2.75, 3.05) is 19.6 Å². The first kappa shape index (κ1) is 18.3. The van der Waals surface area contributed by atoms with Crippen LogP contribution in [0.5, 0.6) is 0 Å². The summed E-state index contributed by atoms with van der Waals surface area (Å²) in [5.41, 5.74) is 1.85. The topological polar surface area (TPSA) is 45.2 Å². The largest absolute Gasteiger partial charge is 0.349 e. The highest BCUT2D eigenvalue weighted by atomic mass is 32.1. The molecular weight excluding hydrogens is 374 g/mol. The fraction of sp³-hybridized carbons (Fsp3) is 0.333. The van der Waals surface area contributed by atoms with Gasteiger partial charge in [0.15, 0.2) is 0 Å². The molecule has 3 aromatic rings. The summed E-state index contributed by atoms with van der Waals surface area (Å²) in [7, 11) is 0. The zero-order valence-corrected chi connectivity index (χ0v) is 17.0. The predicted molar refractivity (Wildman–Crippen MR) is 112 cm³/mol. The van der Waals surface area contributed by atoms with E-state index in [0.717, 1.165) is 29.4 Å². The molecule has 1 aliphatic heterocycles. The minimum Gasteiger partial charge on any atom is -0.349 e. The molecule has 2 aromatic heterocycles. The summed E-state index contributed by atoms with van der Waals surface area (Å²) in [4.78, 5) is 22.0. The lowest BCUT2D eigenvalue weighted by Gasteiger charge is -2.26. The maximum absolute atomic E-state index is 12.8. The van der Waals surface area contributed by atoms with Crippen LogP contribution in [0, 0.1) is 6.92 Å². The molecule has 3 heterocycles. The van der Waals surface area contributed by atoms with Crippen LogP contribution in [0.3, 0.4) is 0 Å². The Hall–Kier alpha value is -2.02. The average molecular weight is 398 g/mol. The van der Waals surface area contributed by atoms with Crippen molar-refractivity contribution in [2.45, 2.75) is 25.8 Å². The normalized spacial score (nSPS) is 15.7.